The molecule has 4 aromatic rings. The van der Waals surface area contributed by atoms with Crippen LogP contribution >= 0.6 is 46.3 Å². The predicted octanol–water partition coefficient (Wildman–Crippen LogP) is 7.57. The van der Waals surface area contributed by atoms with Crippen LogP contribution in [0.5, 0.6) is 0 Å². The number of methoxy groups -OCH3 is 1. The number of ether oxygens (including phenoxy) is 1. The molecule has 33 heavy (non-hydrogen) atoms. The molecule has 0 fully saturated rings. The van der Waals surface area contributed by atoms with Crippen LogP contribution in [0.25, 0.3) is 27.5 Å². The summed E-state index contributed by atoms with van der Waals surface area (Å²) in [6.07, 6.45) is 0. The van der Waals surface area contributed by atoms with E-state index in [4.69, 9.17) is 38.0 Å². The monoisotopic (exact) mass is 517 g/mol. The summed E-state index contributed by atoms with van der Waals surface area (Å²) in [5.74, 6) is -0.473. The normalized spacial score (nSPS) is 11.2. The van der Waals surface area contributed by atoms with Crippen LogP contribution in [-0.4, -0.2) is 33.1 Å². The van der Waals surface area contributed by atoms with E-state index in [9.17, 15) is 4.79 Å². The number of hydrogen-bond acceptors (Lipinski definition) is 6. The third-order valence-electron chi connectivity index (χ3n) is 4.80. The van der Waals surface area contributed by atoms with E-state index in [1.807, 2.05) is 43.3 Å². The highest BCUT2D eigenvalue weighted by Crippen LogP contribution is 2.42. The maximum atomic E-state index is 12.9. The number of nitrogens with zero attached hydrogens (tertiary/aromatic N) is 3. The molecular formula is C24H21Cl2N3O2S2. The number of aryl methyl sites for hydroxylation is 1. The largest absolute Gasteiger partial charge is 0.464 e. The van der Waals surface area contributed by atoms with Crippen molar-refractivity contribution in [3.05, 3.63) is 70.0 Å². The fraction of sp³-hybridized carbons (Fsp3) is 0.208. The lowest BCUT2D eigenvalue weighted by atomic mass is 10.0. The number of rotatable bonds is 6. The lowest BCUT2D eigenvalue weighted by Crippen LogP contribution is -2.11. The van der Waals surface area contributed by atoms with E-state index in [1.54, 1.807) is 28.6 Å². The van der Waals surface area contributed by atoms with Gasteiger partial charge in [-0.2, -0.15) is 9.78 Å². The van der Waals surface area contributed by atoms with Crippen molar-refractivity contribution >= 4 is 52.3 Å². The first-order chi connectivity index (χ1) is 15.8. The van der Waals surface area contributed by atoms with Gasteiger partial charge in [-0.1, -0.05) is 84.8 Å². The first kappa shape index (κ1) is 23.8. The summed E-state index contributed by atoms with van der Waals surface area (Å²) in [6.45, 7) is 6.12. The molecule has 0 saturated carbocycles. The summed E-state index contributed by atoms with van der Waals surface area (Å²) in [4.78, 5) is 17.8. The Morgan fingerprint density at radius 3 is 2.45 bits per heavy atom. The molecule has 0 aliphatic heterocycles. The average Bonchev–Trinajstić information content (AvgIpc) is 3.36. The molecule has 2 heterocycles. The minimum absolute atomic E-state index is 0.333. The van der Waals surface area contributed by atoms with Crippen molar-refractivity contribution in [3.8, 4) is 27.5 Å². The van der Waals surface area contributed by atoms with Crippen LogP contribution in [0, 0.1) is 6.92 Å². The summed E-state index contributed by atoms with van der Waals surface area (Å²) < 4.78 is 7.72. The van der Waals surface area contributed by atoms with Gasteiger partial charge in [0.2, 0.25) is 5.13 Å². The Balaban J connectivity index is 1.93. The fourth-order valence-corrected chi connectivity index (χ4v) is 6.18. The van der Waals surface area contributed by atoms with Gasteiger partial charge in [0, 0.05) is 16.4 Å². The minimum atomic E-state index is -0.473. The van der Waals surface area contributed by atoms with E-state index >= 15 is 0 Å². The van der Waals surface area contributed by atoms with E-state index in [-0.39, 0.29) is 0 Å². The number of hydrogen-bond donors (Lipinski definition) is 0. The molecule has 2 aromatic carbocycles. The molecule has 5 nitrogen and oxygen atoms in total. The van der Waals surface area contributed by atoms with Crippen LogP contribution in [0.2, 0.25) is 10.0 Å². The van der Waals surface area contributed by atoms with Crippen molar-refractivity contribution in [2.24, 2.45) is 0 Å². The minimum Gasteiger partial charge on any atom is -0.464 e. The highest BCUT2D eigenvalue weighted by atomic mass is 35.5. The topological polar surface area (TPSA) is 57.0 Å². The second-order valence-electron chi connectivity index (χ2n) is 7.51. The predicted molar refractivity (Wildman–Crippen MR) is 137 cm³/mol. The number of benzene rings is 2. The van der Waals surface area contributed by atoms with Crippen molar-refractivity contribution in [2.75, 3.05) is 7.11 Å². The molecule has 9 heteroatoms. The molecule has 0 spiro atoms. The first-order valence-electron chi connectivity index (χ1n) is 10.2. The maximum Gasteiger partial charge on any atom is 0.357 e. The van der Waals surface area contributed by atoms with Gasteiger partial charge in [0.05, 0.1) is 32.8 Å². The van der Waals surface area contributed by atoms with Crippen LogP contribution in [0.4, 0.5) is 0 Å². The van der Waals surface area contributed by atoms with Gasteiger partial charge in [-0.25, -0.2) is 9.78 Å². The van der Waals surface area contributed by atoms with Gasteiger partial charge < -0.3 is 4.74 Å². The third-order valence-corrected chi connectivity index (χ3v) is 7.79. The van der Waals surface area contributed by atoms with Gasteiger partial charge in [-0.05, 0) is 24.6 Å². The summed E-state index contributed by atoms with van der Waals surface area (Å²) in [7, 11) is 1.37. The summed E-state index contributed by atoms with van der Waals surface area (Å²) >= 11 is 15.6. The lowest BCUT2D eigenvalue weighted by molar-refractivity contribution is 0.0591. The Bertz CT molecular complexity index is 1320. The van der Waals surface area contributed by atoms with Crippen LogP contribution in [0.15, 0.2) is 52.7 Å². The summed E-state index contributed by atoms with van der Waals surface area (Å²) in [5, 5.41) is 6.54. The average molecular weight is 518 g/mol. The van der Waals surface area contributed by atoms with E-state index < -0.39 is 5.97 Å². The Morgan fingerprint density at radius 2 is 1.82 bits per heavy atom. The second-order valence-corrected chi connectivity index (χ2v) is 11.1. The molecule has 0 unspecified atom stereocenters. The van der Waals surface area contributed by atoms with Crippen molar-refractivity contribution in [3.63, 3.8) is 0 Å². The van der Waals surface area contributed by atoms with Gasteiger partial charge >= 0.3 is 5.97 Å². The van der Waals surface area contributed by atoms with E-state index in [2.05, 4.69) is 13.8 Å². The standard InChI is InChI=1S/C24H21Cl2N3O2S2/c1-13(2)32-23-20(16-10-11-17(25)18(26)12-16)27-24(33-23)29-21(22(30)31-4)19(14(3)28-29)15-8-6-5-7-9-15/h5-13H,1-4H3. The zero-order valence-electron chi connectivity index (χ0n) is 18.4. The number of carbonyl (C=O) groups excluding carboxylic acids is 1. The molecule has 0 radical (unpaired) electrons. The van der Waals surface area contributed by atoms with Gasteiger partial charge in [0.25, 0.3) is 0 Å². The Labute approximate surface area is 210 Å². The van der Waals surface area contributed by atoms with Gasteiger partial charge in [0.15, 0.2) is 5.69 Å². The second kappa shape index (κ2) is 9.89. The number of carbonyl (C=O) groups is 1. The van der Waals surface area contributed by atoms with Crippen molar-refractivity contribution < 1.29 is 9.53 Å². The molecule has 2 aromatic heterocycles. The van der Waals surface area contributed by atoms with E-state index in [0.717, 1.165) is 26.6 Å². The van der Waals surface area contributed by atoms with Crippen molar-refractivity contribution in [1.82, 2.24) is 14.8 Å². The summed E-state index contributed by atoms with van der Waals surface area (Å²) in [6, 6.07) is 15.1. The van der Waals surface area contributed by atoms with Crippen LogP contribution in [0.1, 0.15) is 30.0 Å². The lowest BCUT2D eigenvalue weighted by Gasteiger charge is -2.06. The van der Waals surface area contributed by atoms with Crippen LogP contribution in [-0.2, 0) is 4.74 Å². The van der Waals surface area contributed by atoms with E-state index in [0.29, 0.717) is 31.8 Å². The molecular weight excluding hydrogens is 497 g/mol. The van der Waals surface area contributed by atoms with Crippen molar-refractivity contribution in [2.45, 2.75) is 30.2 Å². The quantitative estimate of drug-likeness (QED) is 0.195. The number of aromatic nitrogens is 3. The molecule has 4 rings (SSSR count). The number of thiazole rings is 1. The number of esters is 1. The maximum absolute atomic E-state index is 12.9. The number of thioether (sulfide) groups is 1. The van der Waals surface area contributed by atoms with Crippen LogP contribution < -0.4 is 0 Å². The highest BCUT2D eigenvalue weighted by Gasteiger charge is 2.27. The Kier molecular flexibility index (Phi) is 7.14. The van der Waals surface area contributed by atoms with Crippen LogP contribution in [0.3, 0.4) is 0 Å². The zero-order chi connectivity index (χ0) is 23.7. The molecule has 0 aliphatic rings. The fourth-order valence-electron chi connectivity index (χ4n) is 3.41. The molecule has 0 aliphatic carbocycles. The molecule has 0 bridgehead atoms. The smallest absolute Gasteiger partial charge is 0.357 e. The van der Waals surface area contributed by atoms with Gasteiger partial charge in [0.1, 0.15) is 0 Å². The Hall–Kier alpha value is -2.32. The van der Waals surface area contributed by atoms with E-state index in [1.165, 1.54) is 18.4 Å². The molecule has 0 amide bonds. The Morgan fingerprint density at radius 1 is 1.09 bits per heavy atom. The van der Waals surface area contributed by atoms with Gasteiger partial charge in [-0.15, -0.1) is 11.8 Å². The van der Waals surface area contributed by atoms with Crippen molar-refractivity contribution in [1.29, 1.82) is 0 Å². The summed E-state index contributed by atoms with van der Waals surface area (Å²) in [5.41, 5.74) is 4.30. The van der Waals surface area contributed by atoms with Gasteiger partial charge in [-0.3, -0.25) is 0 Å². The molecule has 0 N–H and O–H groups in total. The zero-order valence-corrected chi connectivity index (χ0v) is 21.6. The highest BCUT2D eigenvalue weighted by molar-refractivity contribution is 8.01. The first-order valence-corrected chi connectivity index (χ1v) is 12.6. The molecule has 170 valence electrons. The molecule has 0 atom stereocenters. The molecule has 0 saturated heterocycles. The third kappa shape index (κ3) is 4.82. The SMILES string of the molecule is COC(=O)c1c(-c2ccccc2)c(C)nn1-c1nc(-c2ccc(Cl)c(Cl)c2)c(SC(C)C)s1. The number of halogens is 2.